The van der Waals surface area contributed by atoms with E-state index in [0.717, 1.165) is 46.5 Å². The summed E-state index contributed by atoms with van der Waals surface area (Å²) in [4.78, 5) is 0. The zero-order valence-corrected chi connectivity index (χ0v) is 20.8. The Morgan fingerprint density at radius 3 is 1.40 bits per heavy atom. The summed E-state index contributed by atoms with van der Waals surface area (Å²) in [6.45, 7) is 10.8. The van der Waals surface area contributed by atoms with Crippen LogP contribution in [0.1, 0.15) is 55.6 Å². The summed E-state index contributed by atoms with van der Waals surface area (Å²) in [5, 5.41) is 0. The first-order valence-corrected chi connectivity index (χ1v) is 11.5. The molecule has 0 unspecified atom stereocenters. The molecule has 0 amide bonds. The first kappa shape index (κ1) is 26.8. The Morgan fingerprint density at radius 2 is 0.886 bits per heavy atom. The summed E-state index contributed by atoms with van der Waals surface area (Å²) >= 11 is 0. The van der Waals surface area contributed by atoms with Crippen LogP contribution in [0.15, 0.2) is 48.5 Å². The molecule has 3 rings (SSSR count). The number of rotatable bonds is 5. The predicted molar refractivity (Wildman–Crippen MR) is 128 cm³/mol. The zero-order valence-electron chi connectivity index (χ0n) is 20.8. The minimum absolute atomic E-state index is 0.335. The van der Waals surface area contributed by atoms with Crippen molar-refractivity contribution in [3.63, 3.8) is 0 Å². The van der Waals surface area contributed by atoms with Crippen LogP contribution in [0.3, 0.4) is 0 Å². The van der Waals surface area contributed by atoms with Crippen LogP contribution in [0.4, 0.5) is 26.3 Å². The minimum Gasteiger partial charge on any atom is -0.169 e. The maximum absolute atomic E-state index is 14.6. The molecule has 188 valence electrons. The molecule has 0 aliphatic rings. The highest BCUT2D eigenvalue weighted by Crippen LogP contribution is 2.56. The average molecular weight is 493 g/mol. The second kappa shape index (κ2) is 9.36. The van der Waals surface area contributed by atoms with Crippen molar-refractivity contribution in [2.24, 2.45) is 0 Å². The normalized spacial score (nSPS) is 12.8. The van der Waals surface area contributed by atoms with Gasteiger partial charge in [0.05, 0.1) is 0 Å². The van der Waals surface area contributed by atoms with Crippen LogP contribution in [-0.2, 0) is 18.3 Å². The predicted octanol–water partition coefficient (Wildman–Crippen LogP) is 8.73. The van der Waals surface area contributed by atoms with E-state index in [-0.39, 0.29) is 0 Å². The van der Waals surface area contributed by atoms with E-state index in [1.165, 1.54) is 19.1 Å². The average Bonchev–Trinajstić information content (AvgIpc) is 2.72. The van der Waals surface area contributed by atoms with E-state index in [1.54, 1.807) is 13.8 Å². The Morgan fingerprint density at radius 1 is 0.457 bits per heavy atom. The summed E-state index contributed by atoms with van der Waals surface area (Å²) in [6, 6.07) is 10.8. The van der Waals surface area contributed by atoms with Crippen molar-refractivity contribution >= 4 is 0 Å². The van der Waals surface area contributed by atoms with Crippen molar-refractivity contribution < 1.29 is 26.3 Å². The van der Waals surface area contributed by atoms with E-state index in [0.29, 0.717) is 35.1 Å². The van der Waals surface area contributed by atoms with Gasteiger partial charge in [-0.05, 0) is 110 Å². The molecule has 0 aliphatic heterocycles. The smallest absolute Gasteiger partial charge is 0.169 e. The van der Waals surface area contributed by atoms with E-state index in [4.69, 9.17) is 0 Å². The van der Waals surface area contributed by atoms with E-state index >= 15 is 0 Å². The standard InChI is InChI=1S/C29H30F6/c1-17-7-11-25(15-21(17)5)27(28(30,31)32,29(33,34)35)26-12-8-18(2)24(16-26)10-9-23-14-20(4)19(3)13-22(23)6/h7-8,11-16H,9-10H2,1-6H3. The lowest BCUT2D eigenvalue weighted by molar-refractivity contribution is -0.288. The highest BCUT2D eigenvalue weighted by Gasteiger charge is 2.72. The Bertz CT molecular complexity index is 1220. The molecular formula is C29H30F6. The van der Waals surface area contributed by atoms with Crippen LogP contribution in [0.2, 0.25) is 0 Å². The third-order valence-corrected chi connectivity index (χ3v) is 7.19. The third kappa shape index (κ3) is 4.85. The second-order valence-electron chi connectivity index (χ2n) is 9.55. The van der Waals surface area contributed by atoms with E-state index in [2.05, 4.69) is 0 Å². The SMILES string of the molecule is Cc1ccc(C(c2ccc(C)c(CCc3cc(C)c(C)cc3C)c2)(C(F)(F)F)C(F)(F)F)cc1C. The number of hydrogen-bond acceptors (Lipinski definition) is 0. The Labute approximate surface area is 203 Å². The topological polar surface area (TPSA) is 0 Å². The van der Waals surface area contributed by atoms with E-state index in [1.807, 2.05) is 32.9 Å². The molecule has 0 nitrogen and oxygen atoms in total. The van der Waals surface area contributed by atoms with Crippen LogP contribution in [0, 0.1) is 41.5 Å². The molecule has 0 atom stereocenters. The molecule has 0 aromatic heterocycles. The molecule has 3 aromatic carbocycles. The maximum Gasteiger partial charge on any atom is 0.411 e. The van der Waals surface area contributed by atoms with Gasteiger partial charge in [-0.1, -0.05) is 48.5 Å². The van der Waals surface area contributed by atoms with Crippen molar-refractivity contribution in [1.29, 1.82) is 0 Å². The summed E-state index contributed by atoms with van der Waals surface area (Å²) < 4.78 is 87.4. The van der Waals surface area contributed by atoms with E-state index in [9.17, 15) is 26.3 Å². The van der Waals surface area contributed by atoms with Crippen molar-refractivity contribution in [3.8, 4) is 0 Å². The Hall–Kier alpha value is -2.76. The van der Waals surface area contributed by atoms with Crippen LogP contribution >= 0.6 is 0 Å². The fourth-order valence-corrected chi connectivity index (χ4v) is 4.69. The molecule has 0 aliphatic carbocycles. The molecule has 6 heteroatoms. The number of aryl methyl sites for hydroxylation is 8. The molecule has 0 radical (unpaired) electrons. The van der Waals surface area contributed by atoms with Gasteiger partial charge in [0, 0.05) is 0 Å². The molecule has 0 spiro atoms. The van der Waals surface area contributed by atoms with Crippen molar-refractivity contribution in [2.75, 3.05) is 0 Å². The molecule has 0 bridgehead atoms. The largest absolute Gasteiger partial charge is 0.411 e. The lowest BCUT2D eigenvalue weighted by Crippen LogP contribution is -2.54. The second-order valence-corrected chi connectivity index (χ2v) is 9.55. The van der Waals surface area contributed by atoms with Gasteiger partial charge in [0.2, 0.25) is 5.41 Å². The van der Waals surface area contributed by atoms with Gasteiger partial charge in [-0.15, -0.1) is 0 Å². The Balaban J connectivity index is 2.18. The van der Waals surface area contributed by atoms with Crippen molar-refractivity contribution in [3.05, 3.63) is 104 Å². The van der Waals surface area contributed by atoms with Gasteiger partial charge in [0.25, 0.3) is 0 Å². The number of hydrogen-bond donors (Lipinski definition) is 0. The van der Waals surface area contributed by atoms with Gasteiger partial charge in [0.1, 0.15) is 0 Å². The van der Waals surface area contributed by atoms with Gasteiger partial charge in [-0.2, -0.15) is 26.3 Å². The van der Waals surface area contributed by atoms with Crippen LogP contribution in [0.5, 0.6) is 0 Å². The summed E-state index contributed by atoms with van der Waals surface area (Å²) in [5.74, 6) is 0. The molecule has 0 N–H and O–H groups in total. The monoisotopic (exact) mass is 492 g/mol. The molecule has 35 heavy (non-hydrogen) atoms. The highest BCUT2D eigenvalue weighted by atomic mass is 19.4. The fourth-order valence-electron chi connectivity index (χ4n) is 4.69. The summed E-state index contributed by atoms with van der Waals surface area (Å²) in [7, 11) is 0. The first-order valence-electron chi connectivity index (χ1n) is 11.5. The molecule has 0 heterocycles. The zero-order chi connectivity index (χ0) is 26.3. The van der Waals surface area contributed by atoms with Gasteiger partial charge < -0.3 is 0 Å². The van der Waals surface area contributed by atoms with Gasteiger partial charge in [-0.3, -0.25) is 0 Å². The number of alkyl halides is 6. The molecule has 0 saturated heterocycles. The van der Waals surface area contributed by atoms with Crippen LogP contribution in [0.25, 0.3) is 0 Å². The maximum atomic E-state index is 14.6. The third-order valence-electron chi connectivity index (χ3n) is 7.19. The van der Waals surface area contributed by atoms with Crippen LogP contribution < -0.4 is 0 Å². The number of halogens is 6. The number of benzene rings is 3. The molecule has 0 fully saturated rings. The first-order chi connectivity index (χ1) is 16.1. The van der Waals surface area contributed by atoms with Crippen molar-refractivity contribution in [1.82, 2.24) is 0 Å². The lowest BCUT2D eigenvalue weighted by Gasteiger charge is -2.39. The quantitative estimate of drug-likeness (QED) is 0.313. The molecule has 3 aromatic rings. The highest BCUT2D eigenvalue weighted by molar-refractivity contribution is 5.49. The van der Waals surface area contributed by atoms with Gasteiger partial charge >= 0.3 is 12.4 Å². The van der Waals surface area contributed by atoms with Crippen molar-refractivity contribution in [2.45, 2.75) is 72.2 Å². The van der Waals surface area contributed by atoms with Crippen LogP contribution in [-0.4, -0.2) is 12.4 Å². The summed E-state index contributed by atoms with van der Waals surface area (Å²) in [5.41, 5.74) is 0.697. The van der Waals surface area contributed by atoms with Gasteiger partial charge in [-0.25, -0.2) is 0 Å². The minimum atomic E-state index is -5.59. The summed E-state index contributed by atoms with van der Waals surface area (Å²) in [6.07, 6.45) is -10.3. The Kier molecular flexibility index (Phi) is 7.18. The molecular weight excluding hydrogens is 462 g/mol. The van der Waals surface area contributed by atoms with E-state index < -0.39 is 28.9 Å². The lowest BCUT2D eigenvalue weighted by atomic mass is 9.71. The van der Waals surface area contributed by atoms with Gasteiger partial charge in [0.15, 0.2) is 0 Å². The molecule has 0 saturated carbocycles. The fraction of sp³-hybridized carbons (Fsp3) is 0.379.